The molecule has 0 atom stereocenters. The Hall–Kier alpha value is -1.69. The van der Waals surface area contributed by atoms with Crippen molar-refractivity contribution in [2.75, 3.05) is 19.1 Å². The van der Waals surface area contributed by atoms with Crippen LogP contribution in [0.5, 0.6) is 0 Å². The van der Waals surface area contributed by atoms with Gasteiger partial charge in [-0.3, -0.25) is 4.79 Å². The molecule has 0 bridgehead atoms. The predicted octanol–water partition coefficient (Wildman–Crippen LogP) is 3.52. The maximum Gasteiger partial charge on any atom is 0.310 e. The molecule has 122 valence electrons. The van der Waals surface area contributed by atoms with Crippen LogP contribution in [0.2, 0.25) is 0 Å². The third-order valence-electron chi connectivity index (χ3n) is 3.86. The fourth-order valence-electron chi connectivity index (χ4n) is 2.67. The third-order valence-corrected chi connectivity index (χ3v) is 5.21. The molecule has 4 nitrogen and oxygen atoms in total. The Labute approximate surface area is 146 Å². The number of nitrogens with two attached hydrogens (primary N) is 1. The molecule has 2 aromatic carbocycles. The number of hydrogen-bond donors (Lipinski definition) is 1. The van der Waals surface area contributed by atoms with E-state index in [1.807, 2.05) is 31.3 Å². The van der Waals surface area contributed by atoms with Gasteiger partial charge < -0.3 is 15.4 Å². The Morgan fingerprint density at radius 1 is 1.13 bits per heavy atom. The van der Waals surface area contributed by atoms with E-state index in [4.69, 9.17) is 10.5 Å². The van der Waals surface area contributed by atoms with E-state index in [1.54, 1.807) is 11.8 Å². The molecule has 1 aliphatic heterocycles. The van der Waals surface area contributed by atoms with Crippen molar-refractivity contribution >= 4 is 41.5 Å². The molecule has 0 amide bonds. The molecule has 2 N–H and O–H groups in total. The number of benzene rings is 2. The lowest BCUT2D eigenvalue weighted by atomic mass is 10.1. The zero-order chi connectivity index (χ0) is 15.7. The number of halogens is 1. The molecular formula is C17H19ClN2O2S. The summed E-state index contributed by atoms with van der Waals surface area (Å²) in [6, 6.07) is 12.2. The molecule has 0 spiro atoms. The number of ether oxygens (including phenoxy) is 1. The Bertz CT molecular complexity index is 737. The number of carbonyl (C=O) groups excluding carboxylic acids is 1. The summed E-state index contributed by atoms with van der Waals surface area (Å²) in [5.41, 5.74) is 10.2. The smallest absolute Gasteiger partial charge is 0.310 e. The quantitative estimate of drug-likeness (QED) is 0.858. The summed E-state index contributed by atoms with van der Waals surface area (Å²) < 4.78 is 4.80. The largest absolute Gasteiger partial charge is 0.469 e. The summed E-state index contributed by atoms with van der Waals surface area (Å²) in [6.07, 6.45) is 0.278. The van der Waals surface area contributed by atoms with E-state index in [1.165, 1.54) is 7.11 Å². The van der Waals surface area contributed by atoms with Crippen LogP contribution in [0.15, 0.2) is 46.2 Å². The van der Waals surface area contributed by atoms with Gasteiger partial charge in [0.15, 0.2) is 0 Å². The van der Waals surface area contributed by atoms with Gasteiger partial charge in [-0.2, -0.15) is 0 Å². The number of nitrogens with zero attached hydrogens (tertiary/aromatic N) is 1. The van der Waals surface area contributed by atoms with Crippen molar-refractivity contribution in [3.63, 3.8) is 0 Å². The average molecular weight is 351 g/mol. The van der Waals surface area contributed by atoms with Crippen LogP contribution in [0, 0.1) is 0 Å². The minimum atomic E-state index is -0.227. The van der Waals surface area contributed by atoms with Crippen molar-refractivity contribution in [3.05, 3.63) is 47.5 Å². The topological polar surface area (TPSA) is 55.6 Å². The second-order valence-electron chi connectivity index (χ2n) is 5.15. The molecule has 0 saturated heterocycles. The lowest BCUT2D eigenvalue weighted by molar-refractivity contribution is -0.139. The van der Waals surface area contributed by atoms with Crippen molar-refractivity contribution in [1.29, 1.82) is 0 Å². The molecule has 3 rings (SSSR count). The lowest BCUT2D eigenvalue weighted by Gasteiger charge is -2.31. The molecule has 0 aromatic heterocycles. The van der Waals surface area contributed by atoms with Crippen LogP contribution in [0.25, 0.3) is 0 Å². The number of esters is 1. The molecule has 0 radical (unpaired) electrons. The first-order chi connectivity index (χ1) is 10.7. The van der Waals surface area contributed by atoms with Crippen molar-refractivity contribution < 1.29 is 9.53 Å². The summed E-state index contributed by atoms with van der Waals surface area (Å²) in [7, 11) is 3.46. The van der Waals surface area contributed by atoms with Crippen molar-refractivity contribution in [1.82, 2.24) is 0 Å². The molecule has 1 aliphatic rings. The second kappa shape index (κ2) is 7.25. The van der Waals surface area contributed by atoms with Gasteiger partial charge in [-0.25, -0.2) is 0 Å². The van der Waals surface area contributed by atoms with Gasteiger partial charge in [0.25, 0.3) is 0 Å². The minimum Gasteiger partial charge on any atom is -0.469 e. The van der Waals surface area contributed by atoms with Crippen LogP contribution in [0.3, 0.4) is 0 Å². The third kappa shape index (κ3) is 3.17. The number of rotatable bonds is 3. The first-order valence-electron chi connectivity index (χ1n) is 7.08. The van der Waals surface area contributed by atoms with Gasteiger partial charge in [-0.05, 0) is 23.3 Å². The fourth-order valence-corrected chi connectivity index (χ4v) is 4.04. The molecule has 0 fully saturated rings. The molecule has 2 aromatic rings. The Kier molecular flexibility index (Phi) is 5.57. The highest BCUT2D eigenvalue weighted by Gasteiger charge is 2.25. The molecule has 0 unspecified atom stereocenters. The summed E-state index contributed by atoms with van der Waals surface area (Å²) in [4.78, 5) is 16.1. The Morgan fingerprint density at radius 2 is 1.70 bits per heavy atom. The SMILES string of the molecule is COC(=O)Cc1cccc2c1Sc1c(CN)cccc1N2C.Cl. The molecule has 6 heteroatoms. The van der Waals surface area contributed by atoms with Gasteiger partial charge in [0, 0.05) is 23.4 Å². The summed E-state index contributed by atoms with van der Waals surface area (Å²) in [5, 5.41) is 0. The zero-order valence-electron chi connectivity index (χ0n) is 13.0. The molecule has 23 heavy (non-hydrogen) atoms. The lowest BCUT2D eigenvalue weighted by Crippen LogP contribution is -2.18. The number of anilines is 2. The van der Waals surface area contributed by atoms with Gasteiger partial charge in [0.05, 0.1) is 24.9 Å². The summed E-state index contributed by atoms with van der Waals surface area (Å²) >= 11 is 1.69. The van der Waals surface area contributed by atoms with Crippen molar-refractivity contribution in [2.24, 2.45) is 5.73 Å². The maximum atomic E-state index is 11.7. The monoisotopic (exact) mass is 350 g/mol. The van der Waals surface area contributed by atoms with E-state index in [2.05, 4.69) is 17.0 Å². The number of hydrogen-bond acceptors (Lipinski definition) is 5. The zero-order valence-corrected chi connectivity index (χ0v) is 14.7. The van der Waals surface area contributed by atoms with Crippen LogP contribution < -0.4 is 10.6 Å². The molecule has 1 heterocycles. The Morgan fingerprint density at radius 3 is 2.26 bits per heavy atom. The van der Waals surface area contributed by atoms with Gasteiger partial charge in [-0.1, -0.05) is 36.0 Å². The van der Waals surface area contributed by atoms with E-state index >= 15 is 0 Å². The highest BCUT2D eigenvalue weighted by Crippen LogP contribution is 2.50. The van der Waals surface area contributed by atoms with Gasteiger partial charge >= 0.3 is 5.97 Å². The first kappa shape index (κ1) is 17.7. The van der Waals surface area contributed by atoms with E-state index in [-0.39, 0.29) is 24.8 Å². The molecule has 0 saturated carbocycles. The van der Waals surface area contributed by atoms with Crippen LogP contribution in [0.1, 0.15) is 11.1 Å². The average Bonchev–Trinajstić information content (AvgIpc) is 2.55. The Balaban J connectivity index is 0.00000192. The van der Waals surface area contributed by atoms with Crippen LogP contribution in [0.4, 0.5) is 11.4 Å². The van der Waals surface area contributed by atoms with Crippen LogP contribution in [-0.4, -0.2) is 20.1 Å². The van der Waals surface area contributed by atoms with E-state index in [0.29, 0.717) is 6.54 Å². The maximum absolute atomic E-state index is 11.7. The number of carbonyl (C=O) groups is 1. The minimum absolute atomic E-state index is 0. The molecule has 0 aliphatic carbocycles. The van der Waals surface area contributed by atoms with Gasteiger partial charge in [-0.15, -0.1) is 12.4 Å². The predicted molar refractivity (Wildman–Crippen MR) is 95.9 cm³/mol. The standard InChI is InChI=1S/C17H18N2O2S.ClH/c1-19-13-7-3-5-11(9-15(20)21-2)16(13)22-17-12(10-18)6-4-8-14(17)19;/h3-8H,9-10,18H2,1-2H3;1H. The van der Waals surface area contributed by atoms with E-state index in [9.17, 15) is 4.79 Å². The van der Waals surface area contributed by atoms with Crippen molar-refractivity contribution in [3.8, 4) is 0 Å². The van der Waals surface area contributed by atoms with Crippen LogP contribution >= 0.6 is 24.2 Å². The van der Waals surface area contributed by atoms with Crippen LogP contribution in [-0.2, 0) is 22.5 Å². The highest BCUT2D eigenvalue weighted by atomic mass is 35.5. The van der Waals surface area contributed by atoms with Gasteiger partial charge in [0.2, 0.25) is 0 Å². The summed E-state index contributed by atoms with van der Waals surface area (Å²) in [5.74, 6) is -0.227. The number of methoxy groups -OCH3 is 1. The fraction of sp³-hybridized carbons (Fsp3) is 0.235. The van der Waals surface area contributed by atoms with Gasteiger partial charge in [0.1, 0.15) is 0 Å². The second-order valence-corrected chi connectivity index (χ2v) is 6.17. The molecular weight excluding hydrogens is 332 g/mol. The van der Waals surface area contributed by atoms with Crippen molar-refractivity contribution in [2.45, 2.75) is 22.8 Å². The summed E-state index contributed by atoms with van der Waals surface area (Å²) in [6.45, 7) is 0.499. The first-order valence-corrected chi connectivity index (χ1v) is 7.89. The highest BCUT2D eigenvalue weighted by molar-refractivity contribution is 7.99. The normalized spacial score (nSPS) is 12.0. The number of fused-ring (bicyclic) bond motifs is 2. The van der Waals surface area contributed by atoms with E-state index in [0.717, 1.165) is 32.3 Å². The van der Waals surface area contributed by atoms with E-state index < -0.39 is 0 Å².